The van der Waals surface area contributed by atoms with Gasteiger partial charge >= 0.3 is 0 Å². The Hall–Kier alpha value is -1.09. The van der Waals surface area contributed by atoms with Crippen molar-refractivity contribution in [3.05, 3.63) is 23.9 Å². The number of rotatable bonds is 2. The van der Waals surface area contributed by atoms with Crippen molar-refractivity contribution in [1.29, 1.82) is 0 Å². The molecule has 0 fully saturated rings. The Balaban J connectivity index is 2.95. The fourth-order valence-corrected chi connectivity index (χ4v) is 1.41. The third kappa shape index (κ3) is 1.56. The molecular weight excluding hydrogens is 152 g/mol. The predicted molar refractivity (Wildman–Crippen MR) is 48.2 cm³/mol. The van der Waals surface area contributed by atoms with Crippen LogP contribution in [0.3, 0.4) is 0 Å². The minimum Gasteiger partial charge on any atom is -0.402 e. The van der Waals surface area contributed by atoms with E-state index in [1.54, 1.807) is 6.08 Å². The standard InChI is InChI=1S/C9H14N2O/c1-2-6(10)9-7(11)4-3-5-8(9)12/h2,6H,1,3-5,10-11H2. The van der Waals surface area contributed by atoms with E-state index >= 15 is 0 Å². The van der Waals surface area contributed by atoms with E-state index in [9.17, 15) is 4.79 Å². The highest BCUT2D eigenvalue weighted by Crippen LogP contribution is 2.20. The molecule has 0 spiro atoms. The lowest BCUT2D eigenvalue weighted by Crippen LogP contribution is -2.30. The monoisotopic (exact) mass is 166 g/mol. The number of allylic oxidation sites excluding steroid dienone is 1. The van der Waals surface area contributed by atoms with Crippen molar-refractivity contribution in [3.63, 3.8) is 0 Å². The molecule has 0 bridgehead atoms. The molecule has 0 aliphatic heterocycles. The van der Waals surface area contributed by atoms with Crippen LogP contribution in [0.15, 0.2) is 23.9 Å². The number of carbonyl (C=O) groups excluding carboxylic acids is 1. The van der Waals surface area contributed by atoms with Gasteiger partial charge in [-0.25, -0.2) is 0 Å². The van der Waals surface area contributed by atoms with Gasteiger partial charge in [0.2, 0.25) is 0 Å². The lowest BCUT2D eigenvalue weighted by molar-refractivity contribution is -0.116. The van der Waals surface area contributed by atoms with E-state index in [2.05, 4.69) is 6.58 Å². The first-order valence-electron chi connectivity index (χ1n) is 4.06. The van der Waals surface area contributed by atoms with E-state index in [0.717, 1.165) is 12.8 Å². The Bertz CT molecular complexity index is 243. The Morgan fingerprint density at radius 3 is 2.67 bits per heavy atom. The fraction of sp³-hybridized carbons (Fsp3) is 0.444. The van der Waals surface area contributed by atoms with Gasteiger partial charge in [-0.3, -0.25) is 4.79 Å². The molecule has 0 radical (unpaired) electrons. The van der Waals surface area contributed by atoms with Crippen LogP contribution in [0.5, 0.6) is 0 Å². The number of Topliss-reactive ketones (excluding diaryl/α,β-unsaturated/α-hetero) is 1. The van der Waals surface area contributed by atoms with Crippen molar-refractivity contribution in [2.24, 2.45) is 11.5 Å². The molecule has 0 aromatic rings. The summed E-state index contributed by atoms with van der Waals surface area (Å²) in [6.45, 7) is 3.54. The summed E-state index contributed by atoms with van der Waals surface area (Å²) in [7, 11) is 0. The number of nitrogens with two attached hydrogens (primary N) is 2. The molecule has 1 aliphatic rings. The summed E-state index contributed by atoms with van der Waals surface area (Å²) in [4.78, 5) is 11.3. The van der Waals surface area contributed by atoms with Gasteiger partial charge in [-0.1, -0.05) is 6.08 Å². The maximum Gasteiger partial charge on any atom is 0.162 e. The van der Waals surface area contributed by atoms with Gasteiger partial charge < -0.3 is 11.5 Å². The number of ketones is 1. The normalized spacial score (nSPS) is 20.9. The van der Waals surface area contributed by atoms with Gasteiger partial charge in [0.05, 0.1) is 6.04 Å². The van der Waals surface area contributed by atoms with Crippen LogP contribution < -0.4 is 11.5 Å². The second-order valence-corrected chi connectivity index (χ2v) is 2.98. The lowest BCUT2D eigenvalue weighted by Gasteiger charge is -2.19. The molecular formula is C9H14N2O. The van der Waals surface area contributed by atoms with Gasteiger partial charge in [0.25, 0.3) is 0 Å². The molecule has 0 heterocycles. The molecule has 12 heavy (non-hydrogen) atoms. The first kappa shape index (κ1) is 9.00. The zero-order valence-corrected chi connectivity index (χ0v) is 7.05. The van der Waals surface area contributed by atoms with Crippen LogP contribution in [0.4, 0.5) is 0 Å². The topological polar surface area (TPSA) is 69.1 Å². The van der Waals surface area contributed by atoms with E-state index in [-0.39, 0.29) is 5.78 Å². The van der Waals surface area contributed by atoms with Gasteiger partial charge in [0.15, 0.2) is 5.78 Å². The van der Waals surface area contributed by atoms with Crippen molar-refractivity contribution in [3.8, 4) is 0 Å². The van der Waals surface area contributed by atoms with Gasteiger partial charge in [0.1, 0.15) is 0 Å². The zero-order chi connectivity index (χ0) is 9.14. The first-order valence-corrected chi connectivity index (χ1v) is 4.06. The van der Waals surface area contributed by atoms with Crippen molar-refractivity contribution in [2.75, 3.05) is 0 Å². The van der Waals surface area contributed by atoms with E-state index in [1.165, 1.54) is 0 Å². The van der Waals surface area contributed by atoms with E-state index in [4.69, 9.17) is 11.5 Å². The van der Waals surface area contributed by atoms with Crippen LogP contribution in [-0.4, -0.2) is 11.8 Å². The van der Waals surface area contributed by atoms with Crippen molar-refractivity contribution in [2.45, 2.75) is 25.3 Å². The van der Waals surface area contributed by atoms with Crippen LogP contribution in [0.1, 0.15) is 19.3 Å². The number of carbonyl (C=O) groups is 1. The van der Waals surface area contributed by atoms with Crippen molar-refractivity contribution >= 4 is 5.78 Å². The minimum absolute atomic E-state index is 0.0751. The van der Waals surface area contributed by atoms with Crippen LogP contribution in [0.2, 0.25) is 0 Å². The van der Waals surface area contributed by atoms with Crippen molar-refractivity contribution in [1.82, 2.24) is 0 Å². The molecule has 1 unspecified atom stereocenters. The first-order chi connectivity index (χ1) is 5.66. The van der Waals surface area contributed by atoms with Crippen LogP contribution >= 0.6 is 0 Å². The Kier molecular flexibility index (Phi) is 2.65. The summed E-state index contributed by atoms with van der Waals surface area (Å²) in [6, 6.07) is -0.391. The summed E-state index contributed by atoms with van der Waals surface area (Å²) in [6.07, 6.45) is 3.74. The van der Waals surface area contributed by atoms with E-state index in [1.807, 2.05) is 0 Å². The average molecular weight is 166 g/mol. The Morgan fingerprint density at radius 1 is 1.50 bits per heavy atom. The second kappa shape index (κ2) is 3.54. The van der Waals surface area contributed by atoms with Gasteiger partial charge in [-0.05, 0) is 12.8 Å². The SMILES string of the molecule is C=CC(N)C1=C(N)CCCC1=O. The maximum atomic E-state index is 11.3. The number of hydrogen-bond donors (Lipinski definition) is 2. The van der Waals surface area contributed by atoms with Crippen LogP contribution in [-0.2, 0) is 4.79 Å². The summed E-state index contributed by atoms with van der Waals surface area (Å²) >= 11 is 0. The molecule has 4 N–H and O–H groups in total. The van der Waals surface area contributed by atoms with Gasteiger partial charge in [-0.15, -0.1) is 6.58 Å². The Morgan fingerprint density at radius 2 is 2.17 bits per heavy atom. The maximum absolute atomic E-state index is 11.3. The van der Waals surface area contributed by atoms with Crippen molar-refractivity contribution < 1.29 is 4.79 Å². The summed E-state index contributed by atoms with van der Waals surface area (Å²) in [5.41, 5.74) is 12.5. The summed E-state index contributed by atoms with van der Waals surface area (Å²) in [5, 5.41) is 0. The van der Waals surface area contributed by atoms with Crippen LogP contribution in [0, 0.1) is 0 Å². The van der Waals surface area contributed by atoms with Crippen LogP contribution in [0.25, 0.3) is 0 Å². The quantitative estimate of drug-likeness (QED) is 0.586. The molecule has 3 heteroatoms. The molecule has 0 saturated heterocycles. The molecule has 0 aromatic carbocycles. The third-order valence-electron chi connectivity index (χ3n) is 2.08. The zero-order valence-electron chi connectivity index (χ0n) is 7.05. The fourth-order valence-electron chi connectivity index (χ4n) is 1.41. The molecule has 1 aliphatic carbocycles. The predicted octanol–water partition coefficient (Wildman–Crippen LogP) is 0.465. The van der Waals surface area contributed by atoms with Gasteiger partial charge in [-0.2, -0.15) is 0 Å². The molecule has 0 amide bonds. The van der Waals surface area contributed by atoms with E-state index < -0.39 is 6.04 Å². The molecule has 0 aromatic heterocycles. The average Bonchev–Trinajstić information content (AvgIpc) is 2.03. The second-order valence-electron chi connectivity index (χ2n) is 2.98. The highest BCUT2D eigenvalue weighted by atomic mass is 16.1. The Labute approximate surface area is 72.1 Å². The van der Waals surface area contributed by atoms with E-state index in [0.29, 0.717) is 17.7 Å². The summed E-state index contributed by atoms with van der Waals surface area (Å²) in [5.74, 6) is 0.0751. The molecule has 1 rings (SSSR count). The smallest absolute Gasteiger partial charge is 0.162 e. The lowest BCUT2D eigenvalue weighted by atomic mass is 9.90. The highest BCUT2D eigenvalue weighted by molar-refractivity contribution is 5.98. The molecule has 3 nitrogen and oxygen atoms in total. The van der Waals surface area contributed by atoms with Gasteiger partial charge in [0, 0.05) is 17.7 Å². The third-order valence-corrected chi connectivity index (χ3v) is 2.08. The highest BCUT2D eigenvalue weighted by Gasteiger charge is 2.21. The number of hydrogen-bond acceptors (Lipinski definition) is 3. The molecule has 1 atom stereocenters. The summed E-state index contributed by atoms with van der Waals surface area (Å²) < 4.78 is 0. The molecule has 0 saturated carbocycles. The largest absolute Gasteiger partial charge is 0.402 e. The molecule has 66 valence electrons. The minimum atomic E-state index is -0.391.